The van der Waals surface area contributed by atoms with Crippen LogP contribution in [0, 0.1) is 11.8 Å². The Labute approximate surface area is 148 Å². The van der Waals surface area contributed by atoms with Gasteiger partial charge in [0.05, 0.1) is 11.6 Å². The van der Waals surface area contributed by atoms with Gasteiger partial charge in [0.2, 0.25) is 11.8 Å². The van der Waals surface area contributed by atoms with Gasteiger partial charge < -0.3 is 15.1 Å². The highest BCUT2D eigenvalue weighted by atomic mass is 16.2. The summed E-state index contributed by atoms with van der Waals surface area (Å²) in [7, 11) is 1.74. The summed E-state index contributed by atoms with van der Waals surface area (Å²) in [4.78, 5) is 27.4. The molecule has 136 valence electrons. The lowest BCUT2D eigenvalue weighted by Crippen LogP contribution is -2.52. The van der Waals surface area contributed by atoms with Gasteiger partial charge in [-0.3, -0.25) is 9.59 Å². The fourth-order valence-electron chi connectivity index (χ4n) is 3.21. The van der Waals surface area contributed by atoms with E-state index in [-0.39, 0.29) is 23.1 Å². The third-order valence-electron chi connectivity index (χ3n) is 4.98. The summed E-state index contributed by atoms with van der Waals surface area (Å²) >= 11 is 0. The van der Waals surface area contributed by atoms with Crippen molar-refractivity contribution < 1.29 is 9.59 Å². The number of amides is 2. The molecule has 7 nitrogen and oxygen atoms in total. The molecule has 0 saturated carbocycles. The zero-order chi connectivity index (χ0) is 18.2. The molecule has 3 heterocycles. The van der Waals surface area contributed by atoms with Crippen LogP contribution in [0.4, 0.5) is 5.82 Å². The lowest BCUT2D eigenvalue weighted by atomic mass is 9.92. The van der Waals surface area contributed by atoms with Crippen molar-refractivity contribution in [1.82, 2.24) is 20.4 Å². The number of rotatable bonds is 4. The van der Waals surface area contributed by atoms with Crippen LogP contribution in [0.25, 0.3) is 0 Å². The van der Waals surface area contributed by atoms with Gasteiger partial charge in [0.25, 0.3) is 0 Å². The number of nitrogens with one attached hydrogen (secondary N) is 1. The van der Waals surface area contributed by atoms with Crippen LogP contribution in [0.3, 0.4) is 0 Å². The van der Waals surface area contributed by atoms with E-state index in [9.17, 15) is 9.59 Å². The molecule has 1 N–H and O–H groups in total. The Morgan fingerprint density at radius 2 is 1.96 bits per heavy atom. The van der Waals surface area contributed by atoms with Crippen molar-refractivity contribution in [3.05, 3.63) is 17.8 Å². The number of carbonyl (C=O) groups is 2. The van der Waals surface area contributed by atoms with E-state index >= 15 is 0 Å². The summed E-state index contributed by atoms with van der Waals surface area (Å²) in [5.74, 6) is 1.14. The molecule has 3 rings (SSSR count). The van der Waals surface area contributed by atoms with Crippen LogP contribution in [-0.2, 0) is 15.0 Å². The SMILES string of the molecule is CN1CC(C(=O)NCC2CN(c3ccc(C(C)(C)C)nn3)C2)CC1=O. The van der Waals surface area contributed by atoms with Crippen LogP contribution in [0.2, 0.25) is 0 Å². The van der Waals surface area contributed by atoms with E-state index in [4.69, 9.17) is 0 Å². The first-order chi connectivity index (χ1) is 11.7. The molecule has 0 bridgehead atoms. The number of aromatic nitrogens is 2. The minimum Gasteiger partial charge on any atom is -0.355 e. The van der Waals surface area contributed by atoms with Gasteiger partial charge in [-0.2, -0.15) is 5.10 Å². The van der Waals surface area contributed by atoms with Crippen LogP contribution in [0.5, 0.6) is 0 Å². The summed E-state index contributed by atoms with van der Waals surface area (Å²) in [6.45, 7) is 9.27. The van der Waals surface area contributed by atoms with Crippen LogP contribution in [0.15, 0.2) is 12.1 Å². The Hall–Kier alpha value is -2.18. The van der Waals surface area contributed by atoms with E-state index in [2.05, 4.69) is 41.2 Å². The lowest BCUT2D eigenvalue weighted by Gasteiger charge is -2.40. The first-order valence-corrected chi connectivity index (χ1v) is 8.85. The second-order valence-electron chi connectivity index (χ2n) is 8.22. The molecular formula is C18H27N5O2. The molecule has 7 heteroatoms. The third-order valence-corrected chi connectivity index (χ3v) is 4.98. The second-order valence-corrected chi connectivity index (χ2v) is 8.22. The average molecular weight is 345 g/mol. The smallest absolute Gasteiger partial charge is 0.225 e. The molecule has 0 aliphatic carbocycles. The van der Waals surface area contributed by atoms with Gasteiger partial charge >= 0.3 is 0 Å². The van der Waals surface area contributed by atoms with Crippen LogP contribution in [0.1, 0.15) is 32.9 Å². The zero-order valence-electron chi connectivity index (χ0n) is 15.5. The molecule has 0 spiro atoms. The molecule has 2 fully saturated rings. The lowest BCUT2D eigenvalue weighted by molar-refractivity contribution is -0.128. The predicted octanol–water partition coefficient (Wildman–Crippen LogP) is 0.805. The Bertz CT molecular complexity index is 646. The standard InChI is InChI=1S/C18H27N5O2/c1-18(2,3)14-5-6-15(21-20-14)23-9-12(10-23)8-19-17(25)13-7-16(24)22(4)11-13/h5-6,12-13H,7-11H2,1-4H3,(H,19,25). The Kier molecular flexibility index (Phi) is 4.67. The Morgan fingerprint density at radius 3 is 2.48 bits per heavy atom. The number of hydrogen-bond donors (Lipinski definition) is 1. The van der Waals surface area contributed by atoms with E-state index in [0.717, 1.165) is 24.6 Å². The molecular weight excluding hydrogens is 318 g/mol. The largest absolute Gasteiger partial charge is 0.355 e. The highest BCUT2D eigenvalue weighted by Gasteiger charge is 2.33. The maximum atomic E-state index is 12.1. The molecule has 2 saturated heterocycles. The van der Waals surface area contributed by atoms with Crippen molar-refractivity contribution in [3.63, 3.8) is 0 Å². The number of anilines is 1. The Morgan fingerprint density at radius 1 is 1.24 bits per heavy atom. The van der Waals surface area contributed by atoms with E-state index in [1.54, 1.807) is 11.9 Å². The molecule has 2 amide bonds. The summed E-state index contributed by atoms with van der Waals surface area (Å²) in [6, 6.07) is 4.05. The van der Waals surface area contributed by atoms with Gasteiger partial charge in [-0.25, -0.2) is 0 Å². The van der Waals surface area contributed by atoms with E-state index in [0.29, 0.717) is 25.4 Å². The van der Waals surface area contributed by atoms with E-state index in [1.807, 2.05) is 12.1 Å². The molecule has 2 aliphatic rings. The molecule has 0 aromatic carbocycles. The van der Waals surface area contributed by atoms with Crippen molar-refractivity contribution in [2.45, 2.75) is 32.6 Å². The van der Waals surface area contributed by atoms with E-state index < -0.39 is 0 Å². The van der Waals surface area contributed by atoms with Gasteiger partial charge in [-0.15, -0.1) is 5.10 Å². The first kappa shape index (κ1) is 17.6. The number of nitrogens with zero attached hydrogens (tertiary/aromatic N) is 4. The molecule has 1 aromatic heterocycles. The summed E-state index contributed by atoms with van der Waals surface area (Å²) < 4.78 is 0. The fourth-order valence-corrected chi connectivity index (χ4v) is 3.21. The van der Waals surface area contributed by atoms with Crippen LogP contribution in [-0.4, -0.2) is 60.1 Å². The van der Waals surface area contributed by atoms with Gasteiger partial charge in [0, 0.05) is 51.0 Å². The van der Waals surface area contributed by atoms with Crippen molar-refractivity contribution in [3.8, 4) is 0 Å². The van der Waals surface area contributed by atoms with Crippen molar-refractivity contribution in [2.75, 3.05) is 38.1 Å². The fraction of sp³-hybridized carbons (Fsp3) is 0.667. The summed E-state index contributed by atoms with van der Waals surface area (Å²) in [6.07, 6.45) is 0.328. The van der Waals surface area contributed by atoms with Crippen molar-refractivity contribution in [1.29, 1.82) is 0 Å². The topological polar surface area (TPSA) is 78.4 Å². The molecule has 1 unspecified atom stereocenters. The van der Waals surface area contributed by atoms with Gasteiger partial charge in [-0.05, 0) is 12.1 Å². The Balaban J connectivity index is 1.42. The third kappa shape index (κ3) is 3.91. The maximum Gasteiger partial charge on any atom is 0.225 e. The minimum atomic E-state index is -0.204. The molecule has 1 atom stereocenters. The van der Waals surface area contributed by atoms with Gasteiger partial charge in [0.1, 0.15) is 0 Å². The second kappa shape index (κ2) is 6.61. The molecule has 2 aliphatic heterocycles. The van der Waals surface area contributed by atoms with Crippen molar-refractivity contribution >= 4 is 17.6 Å². The molecule has 25 heavy (non-hydrogen) atoms. The van der Waals surface area contributed by atoms with Crippen LogP contribution >= 0.6 is 0 Å². The highest BCUT2D eigenvalue weighted by molar-refractivity contribution is 5.89. The average Bonchev–Trinajstić information content (AvgIpc) is 2.84. The summed E-state index contributed by atoms with van der Waals surface area (Å²) in [5.41, 5.74) is 0.986. The molecule has 0 radical (unpaired) electrons. The normalized spacial score (nSPS) is 21.4. The number of carbonyl (C=O) groups excluding carboxylic acids is 2. The minimum absolute atomic E-state index is 0.00296. The number of hydrogen-bond acceptors (Lipinski definition) is 5. The summed E-state index contributed by atoms with van der Waals surface area (Å²) in [5, 5.41) is 11.6. The predicted molar refractivity (Wildman–Crippen MR) is 95.2 cm³/mol. The number of likely N-dealkylation sites (tertiary alicyclic amines) is 1. The van der Waals surface area contributed by atoms with Gasteiger partial charge in [0.15, 0.2) is 5.82 Å². The zero-order valence-corrected chi connectivity index (χ0v) is 15.5. The quantitative estimate of drug-likeness (QED) is 0.873. The monoisotopic (exact) mass is 345 g/mol. The first-order valence-electron chi connectivity index (χ1n) is 8.85. The highest BCUT2D eigenvalue weighted by Crippen LogP contribution is 2.25. The molecule has 1 aromatic rings. The van der Waals surface area contributed by atoms with Crippen LogP contribution < -0.4 is 10.2 Å². The van der Waals surface area contributed by atoms with Crippen molar-refractivity contribution in [2.24, 2.45) is 11.8 Å². The maximum absolute atomic E-state index is 12.1. The van der Waals surface area contributed by atoms with E-state index in [1.165, 1.54) is 0 Å². The van der Waals surface area contributed by atoms with Gasteiger partial charge in [-0.1, -0.05) is 20.8 Å².